The van der Waals surface area contributed by atoms with Gasteiger partial charge in [0.25, 0.3) is 0 Å². The van der Waals surface area contributed by atoms with Crippen LogP contribution in [0, 0.1) is 11.8 Å². The maximum atomic E-state index is 3.53. The van der Waals surface area contributed by atoms with Gasteiger partial charge in [0.2, 0.25) is 0 Å². The number of hydrogen-bond acceptors (Lipinski definition) is 1. The minimum absolute atomic E-state index is 0.353. The van der Waals surface area contributed by atoms with Gasteiger partial charge in [0, 0.05) is 17.9 Å². The highest BCUT2D eigenvalue weighted by atomic mass is 14.9. The molecule has 1 fully saturated rings. The predicted octanol–water partition coefficient (Wildman–Crippen LogP) is 3.50. The number of nitrogens with one attached hydrogen (secondary N) is 1. The summed E-state index contributed by atoms with van der Waals surface area (Å²) in [5.74, 6) is 6.19. The van der Waals surface area contributed by atoms with Crippen LogP contribution in [0.15, 0.2) is 30.3 Å². The van der Waals surface area contributed by atoms with Crippen molar-refractivity contribution in [2.24, 2.45) is 0 Å². The number of likely N-dealkylation sites (N-methyl/N-ethyl adjacent to an activating group) is 1. The second kappa shape index (κ2) is 6.07. The van der Waals surface area contributed by atoms with E-state index in [-0.39, 0.29) is 0 Å². The van der Waals surface area contributed by atoms with Crippen molar-refractivity contribution in [2.75, 3.05) is 7.05 Å². The lowest BCUT2D eigenvalue weighted by Gasteiger charge is -2.48. The van der Waals surface area contributed by atoms with Crippen molar-refractivity contribution in [1.29, 1.82) is 0 Å². The first-order chi connectivity index (χ1) is 8.83. The summed E-state index contributed by atoms with van der Waals surface area (Å²) in [5.41, 5.74) is 1.85. The Labute approximate surface area is 111 Å². The van der Waals surface area contributed by atoms with Crippen LogP contribution in [0.2, 0.25) is 0 Å². The molecule has 1 nitrogen and oxygen atoms in total. The molecule has 0 amide bonds. The van der Waals surface area contributed by atoms with Crippen molar-refractivity contribution in [2.45, 2.75) is 50.5 Å². The number of benzene rings is 1. The smallest absolute Gasteiger partial charge is 0.0170 e. The number of hydrogen-bond donors (Lipinski definition) is 1. The van der Waals surface area contributed by atoms with Gasteiger partial charge in [0.15, 0.2) is 0 Å². The van der Waals surface area contributed by atoms with E-state index in [4.69, 9.17) is 0 Å². The molecule has 1 aromatic rings. The van der Waals surface area contributed by atoms with Crippen LogP contribution in [0.1, 0.15) is 44.6 Å². The maximum Gasteiger partial charge on any atom is 0.0170 e. The standard InChI is InChI=1S/C17H23N/c1-3-4-6-12-16(18-2)17(13-9-14-17)15-10-7-5-8-11-15/h5,7-8,10-11,16,18H,6,9,12-14H2,1-2H3. The van der Waals surface area contributed by atoms with E-state index >= 15 is 0 Å². The summed E-state index contributed by atoms with van der Waals surface area (Å²) in [6, 6.07) is 11.5. The zero-order valence-electron chi connectivity index (χ0n) is 11.5. The first-order valence-corrected chi connectivity index (χ1v) is 6.96. The zero-order chi connectivity index (χ0) is 12.8. The Kier molecular flexibility index (Phi) is 4.44. The van der Waals surface area contributed by atoms with E-state index in [0.29, 0.717) is 11.5 Å². The molecule has 1 aliphatic rings. The highest BCUT2D eigenvalue weighted by molar-refractivity contribution is 5.30. The molecule has 1 atom stereocenters. The quantitative estimate of drug-likeness (QED) is 0.778. The molecule has 0 radical (unpaired) electrons. The van der Waals surface area contributed by atoms with E-state index in [0.717, 1.165) is 12.8 Å². The fourth-order valence-electron chi connectivity index (χ4n) is 3.20. The summed E-state index contributed by atoms with van der Waals surface area (Å²) in [5, 5.41) is 3.53. The summed E-state index contributed by atoms with van der Waals surface area (Å²) >= 11 is 0. The SMILES string of the molecule is CC#CCCC(NC)C1(c2ccccc2)CCC1. The summed E-state index contributed by atoms with van der Waals surface area (Å²) in [6.45, 7) is 1.92. The lowest BCUT2D eigenvalue weighted by Crippen LogP contribution is -2.51. The molecule has 1 heteroatoms. The summed E-state index contributed by atoms with van der Waals surface area (Å²) in [6.07, 6.45) is 6.11. The highest BCUT2D eigenvalue weighted by Crippen LogP contribution is 2.47. The first kappa shape index (κ1) is 13.2. The van der Waals surface area contributed by atoms with Gasteiger partial charge in [0.1, 0.15) is 0 Å². The minimum atomic E-state index is 0.353. The van der Waals surface area contributed by atoms with Crippen LogP contribution in [0.25, 0.3) is 0 Å². The monoisotopic (exact) mass is 241 g/mol. The van der Waals surface area contributed by atoms with Crippen LogP contribution in [-0.4, -0.2) is 13.1 Å². The largest absolute Gasteiger partial charge is 0.316 e. The maximum absolute atomic E-state index is 3.53. The predicted molar refractivity (Wildman–Crippen MR) is 77.5 cm³/mol. The van der Waals surface area contributed by atoms with Crippen molar-refractivity contribution >= 4 is 0 Å². The van der Waals surface area contributed by atoms with Gasteiger partial charge in [-0.2, -0.15) is 0 Å². The molecule has 1 N–H and O–H groups in total. The van der Waals surface area contributed by atoms with E-state index < -0.39 is 0 Å². The van der Waals surface area contributed by atoms with Gasteiger partial charge in [-0.1, -0.05) is 36.8 Å². The fourth-order valence-corrected chi connectivity index (χ4v) is 3.20. The molecule has 1 unspecified atom stereocenters. The molecule has 2 rings (SSSR count). The molecule has 0 saturated heterocycles. The molecular weight excluding hydrogens is 218 g/mol. The topological polar surface area (TPSA) is 12.0 Å². The van der Waals surface area contributed by atoms with Gasteiger partial charge in [-0.3, -0.25) is 0 Å². The molecule has 1 aromatic carbocycles. The van der Waals surface area contributed by atoms with Crippen molar-refractivity contribution < 1.29 is 0 Å². The lowest BCUT2D eigenvalue weighted by molar-refractivity contribution is 0.168. The second-order valence-electron chi connectivity index (χ2n) is 5.18. The second-order valence-corrected chi connectivity index (χ2v) is 5.18. The Morgan fingerprint density at radius 3 is 2.50 bits per heavy atom. The zero-order valence-corrected chi connectivity index (χ0v) is 11.5. The average molecular weight is 241 g/mol. The molecule has 18 heavy (non-hydrogen) atoms. The third kappa shape index (κ3) is 2.44. The molecule has 1 saturated carbocycles. The van der Waals surface area contributed by atoms with E-state index in [2.05, 4.69) is 54.5 Å². The van der Waals surface area contributed by atoms with E-state index in [9.17, 15) is 0 Å². The first-order valence-electron chi connectivity index (χ1n) is 6.96. The highest BCUT2D eigenvalue weighted by Gasteiger charge is 2.44. The molecular formula is C17H23N. The molecule has 0 bridgehead atoms. The van der Waals surface area contributed by atoms with Crippen LogP contribution >= 0.6 is 0 Å². The molecule has 1 aliphatic carbocycles. The number of rotatable bonds is 5. The van der Waals surface area contributed by atoms with Crippen molar-refractivity contribution in [3.63, 3.8) is 0 Å². The van der Waals surface area contributed by atoms with Crippen molar-refractivity contribution in [3.05, 3.63) is 35.9 Å². The Morgan fingerprint density at radius 1 is 1.28 bits per heavy atom. The van der Waals surface area contributed by atoms with Crippen LogP contribution in [0.4, 0.5) is 0 Å². The van der Waals surface area contributed by atoms with Gasteiger partial charge >= 0.3 is 0 Å². The molecule has 0 heterocycles. The molecule has 0 aliphatic heterocycles. The van der Waals surface area contributed by atoms with E-state index in [1.807, 2.05) is 6.92 Å². The van der Waals surface area contributed by atoms with E-state index in [1.165, 1.54) is 24.8 Å². The van der Waals surface area contributed by atoms with Crippen molar-refractivity contribution in [1.82, 2.24) is 5.32 Å². The summed E-state index contributed by atoms with van der Waals surface area (Å²) in [7, 11) is 2.09. The van der Waals surface area contributed by atoms with Crippen LogP contribution in [-0.2, 0) is 5.41 Å². The Bertz CT molecular complexity index is 420. The molecule has 0 spiro atoms. The lowest BCUT2D eigenvalue weighted by atomic mass is 9.59. The normalized spacial score (nSPS) is 18.3. The third-order valence-electron chi connectivity index (χ3n) is 4.34. The van der Waals surface area contributed by atoms with Crippen LogP contribution in [0.5, 0.6) is 0 Å². The molecule has 96 valence electrons. The average Bonchev–Trinajstić information content (AvgIpc) is 2.37. The van der Waals surface area contributed by atoms with Crippen LogP contribution < -0.4 is 5.32 Å². The Hall–Kier alpha value is -1.26. The van der Waals surface area contributed by atoms with Crippen LogP contribution in [0.3, 0.4) is 0 Å². The molecule has 0 aromatic heterocycles. The summed E-state index contributed by atoms with van der Waals surface area (Å²) in [4.78, 5) is 0. The van der Waals surface area contributed by atoms with Crippen molar-refractivity contribution in [3.8, 4) is 11.8 Å². The van der Waals surface area contributed by atoms with Gasteiger partial charge in [0.05, 0.1) is 0 Å². The minimum Gasteiger partial charge on any atom is -0.316 e. The fraction of sp³-hybridized carbons (Fsp3) is 0.529. The third-order valence-corrected chi connectivity index (χ3v) is 4.34. The van der Waals surface area contributed by atoms with Gasteiger partial charge in [-0.25, -0.2) is 0 Å². The Morgan fingerprint density at radius 2 is 2.00 bits per heavy atom. The van der Waals surface area contributed by atoms with Gasteiger partial charge < -0.3 is 5.32 Å². The van der Waals surface area contributed by atoms with E-state index in [1.54, 1.807) is 0 Å². The van der Waals surface area contributed by atoms with Gasteiger partial charge in [-0.05, 0) is 38.8 Å². The Balaban J connectivity index is 2.16. The summed E-state index contributed by atoms with van der Waals surface area (Å²) < 4.78 is 0. The van der Waals surface area contributed by atoms with Gasteiger partial charge in [-0.15, -0.1) is 11.8 Å².